The number of piperidine rings is 1. The predicted molar refractivity (Wildman–Crippen MR) is 119 cm³/mol. The summed E-state index contributed by atoms with van der Waals surface area (Å²) in [5, 5.41) is 6.82. The Balaban J connectivity index is 0.00000312. The highest BCUT2D eigenvalue weighted by Gasteiger charge is 2.14. The van der Waals surface area contributed by atoms with Gasteiger partial charge in [-0.25, -0.2) is 0 Å². The minimum absolute atomic E-state index is 0. The van der Waals surface area contributed by atoms with Gasteiger partial charge in [0.2, 0.25) is 0 Å². The van der Waals surface area contributed by atoms with Crippen molar-refractivity contribution in [1.82, 2.24) is 15.5 Å². The van der Waals surface area contributed by atoms with Crippen molar-refractivity contribution in [2.75, 3.05) is 33.2 Å². The zero-order valence-corrected chi connectivity index (χ0v) is 18.4. The molecular formula is C20H35IN4. The monoisotopic (exact) mass is 458 g/mol. The number of unbranched alkanes of at least 4 members (excludes halogenated alkanes) is 1. The van der Waals surface area contributed by atoms with Crippen LogP contribution in [0.4, 0.5) is 0 Å². The molecule has 4 nitrogen and oxygen atoms in total. The molecule has 0 aliphatic carbocycles. The van der Waals surface area contributed by atoms with E-state index in [-0.39, 0.29) is 24.0 Å². The van der Waals surface area contributed by atoms with Crippen LogP contribution in [-0.2, 0) is 6.54 Å². The van der Waals surface area contributed by atoms with Gasteiger partial charge in [-0.2, -0.15) is 0 Å². The third kappa shape index (κ3) is 8.40. The largest absolute Gasteiger partial charge is 0.356 e. The molecule has 1 saturated heterocycles. The summed E-state index contributed by atoms with van der Waals surface area (Å²) in [5.41, 5.74) is 2.64. The van der Waals surface area contributed by atoms with E-state index in [4.69, 9.17) is 0 Å². The molecule has 2 rings (SSSR count). The molecule has 142 valence electrons. The summed E-state index contributed by atoms with van der Waals surface area (Å²) in [5.74, 6) is 1.82. The van der Waals surface area contributed by atoms with Gasteiger partial charge in [-0.05, 0) is 69.3 Å². The van der Waals surface area contributed by atoms with Crippen LogP contribution in [0.5, 0.6) is 0 Å². The Kier molecular flexibility index (Phi) is 11.1. The number of aryl methyl sites for hydroxylation is 1. The highest BCUT2D eigenvalue weighted by atomic mass is 127. The first-order chi connectivity index (χ1) is 11.7. The molecule has 0 atom stereocenters. The van der Waals surface area contributed by atoms with Crippen LogP contribution in [0, 0.1) is 12.8 Å². The van der Waals surface area contributed by atoms with Crippen molar-refractivity contribution in [2.45, 2.75) is 46.1 Å². The highest BCUT2D eigenvalue weighted by Crippen LogP contribution is 2.16. The molecule has 0 unspecified atom stereocenters. The quantitative estimate of drug-likeness (QED) is 0.283. The van der Waals surface area contributed by atoms with Crippen molar-refractivity contribution in [3.63, 3.8) is 0 Å². The topological polar surface area (TPSA) is 39.7 Å². The van der Waals surface area contributed by atoms with Gasteiger partial charge in [0.05, 0.1) is 0 Å². The van der Waals surface area contributed by atoms with E-state index in [9.17, 15) is 0 Å². The van der Waals surface area contributed by atoms with Crippen molar-refractivity contribution < 1.29 is 0 Å². The summed E-state index contributed by atoms with van der Waals surface area (Å²) >= 11 is 0. The molecule has 0 bridgehead atoms. The number of hydrogen-bond acceptors (Lipinski definition) is 2. The lowest BCUT2D eigenvalue weighted by atomic mass is 9.99. The minimum Gasteiger partial charge on any atom is -0.356 e. The van der Waals surface area contributed by atoms with Crippen LogP contribution >= 0.6 is 24.0 Å². The summed E-state index contributed by atoms with van der Waals surface area (Å²) < 4.78 is 0. The van der Waals surface area contributed by atoms with E-state index in [0.717, 1.165) is 25.0 Å². The minimum atomic E-state index is 0. The fourth-order valence-corrected chi connectivity index (χ4v) is 3.16. The van der Waals surface area contributed by atoms with Gasteiger partial charge >= 0.3 is 0 Å². The van der Waals surface area contributed by atoms with Crippen LogP contribution in [-0.4, -0.2) is 44.1 Å². The average Bonchev–Trinajstić information content (AvgIpc) is 2.60. The lowest BCUT2D eigenvalue weighted by Crippen LogP contribution is -2.38. The van der Waals surface area contributed by atoms with Gasteiger partial charge < -0.3 is 15.5 Å². The summed E-state index contributed by atoms with van der Waals surface area (Å²) in [6.45, 7) is 10.1. The average molecular weight is 458 g/mol. The summed E-state index contributed by atoms with van der Waals surface area (Å²) in [6, 6.07) is 8.47. The zero-order valence-electron chi connectivity index (χ0n) is 16.1. The molecule has 1 heterocycles. The van der Waals surface area contributed by atoms with E-state index in [0.29, 0.717) is 0 Å². The lowest BCUT2D eigenvalue weighted by molar-refractivity contribution is 0.189. The molecule has 0 aromatic heterocycles. The predicted octanol–water partition coefficient (Wildman–Crippen LogP) is 3.79. The van der Waals surface area contributed by atoms with Crippen molar-refractivity contribution in [3.8, 4) is 0 Å². The van der Waals surface area contributed by atoms with Gasteiger partial charge in [-0.1, -0.05) is 31.2 Å². The summed E-state index contributed by atoms with van der Waals surface area (Å²) in [4.78, 5) is 6.93. The number of rotatable bonds is 7. The molecule has 0 saturated carbocycles. The van der Waals surface area contributed by atoms with Crippen LogP contribution in [0.1, 0.15) is 43.7 Å². The Bertz CT molecular complexity index is 510. The van der Waals surface area contributed by atoms with Gasteiger partial charge in [-0.15, -0.1) is 24.0 Å². The standard InChI is InChI=1S/C20H34N4.HI/c1-17-10-14-24(15-11-17)13-7-6-12-22-20(21-3)23-16-19-9-5-4-8-18(19)2;/h4-5,8-9,17H,6-7,10-16H2,1-3H3,(H2,21,22,23);1H. The molecule has 1 aromatic carbocycles. The third-order valence-electron chi connectivity index (χ3n) is 5.00. The molecule has 1 aromatic rings. The number of hydrogen-bond donors (Lipinski definition) is 2. The van der Waals surface area contributed by atoms with Crippen molar-refractivity contribution >= 4 is 29.9 Å². The Morgan fingerprint density at radius 1 is 1.16 bits per heavy atom. The fraction of sp³-hybridized carbons (Fsp3) is 0.650. The smallest absolute Gasteiger partial charge is 0.191 e. The second-order valence-corrected chi connectivity index (χ2v) is 7.01. The van der Waals surface area contributed by atoms with E-state index in [1.165, 1.54) is 56.4 Å². The molecule has 0 amide bonds. The van der Waals surface area contributed by atoms with Crippen molar-refractivity contribution in [3.05, 3.63) is 35.4 Å². The van der Waals surface area contributed by atoms with E-state index in [1.807, 2.05) is 7.05 Å². The molecule has 0 spiro atoms. The van der Waals surface area contributed by atoms with Crippen molar-refractivity contribution in [1.29, 1.82) is 0 Å². The molecular weight excluding hydrogens is 423 g/mol. The number of nitrogens with zero attached hydrogens (tertiary/aromatic N) is 2. The molecule has 1 aliphatic rings. The van der Waals surface area contributed by atoms with E-state index in [2.05, 4.69) is 58.6 Å². The number of likely N-dealkylation sites (tertiary alicyclic amines) is 1. The maximum absolute atomic E-state index is 4.31. The van der Waals surface area contributed by atoms with Crippen LogP contribution in [0.25, 0.3) is 0 Å². The van der Waals surface area contributed by atoms with Gasteiger partial charge in [0.1, 0.15) is 0 Å². The fourth-order valence-electron chi connectivity index (χ4n) is 3.16. The zero-order chi connectivity index (χ0) is 17.2. The lowest BCUT2D eigenvalue weighted by Gasteiger charge is -2.30. The molecule has 2 N–H and O–H groups in total. The number of benzene rings is 1. The highest BCUT2D eigenvalue weighted by molar-refractivity contribution is 14.0. The summed E-state index contributed by atoms with van der Waals surface area (Å²) in [6.07, 6.45) is 5.19. The maximum atomic E-state index is 4.31. The van der Waals surface area contributed by atoms with Crippen LogP contribution < -0.4 is 10.6 Å². The van der Waals surface area contributed by atoms with Gasteiger partial charge in [-0.3, -0.25) is 4.99 Å². The number of halogens is 1. The first kappa shape index (κ1) is 22.2. The first-order valence-corrected chi connectivity index (χ1v) is 9.40. The first-order valence-electron chi connectivity index (χ1n) is 9.40. The van der Waals surface area contributed by atoms with Gasteiger partial charge in [0.15, 0.2) is 5.96 Å². The molecule has 0 radical (unpaired) electrons. The molecule has 25 heavy (non-hydrogen) atoms. The van der Waals surface area contributed by atoms with E-state index >= 15 is 0 Å². The van der Waals surface area contributed by atoms with Crippen LogP contribution in [0.2, 0.25) is 0 Å². The number of aliphatic imine (C=N–C) groups is 1. The Morgan fingerprint density at radius 2 is 1.88 bits per heavy atom. The Labute approximate surface area is 170 Å². The van der Waals surface area contributed by atoms with Gasteiger partial charge in [0, 0.05) is 20.1 Å². The SMILES string of the molecule is CN=C(NCCCCN1CCC(C)CC1)NCc1ccccc1C.I. The Morgan fingerprint density at radius 3 is 2.56 bits per heavy atom. The second kappa shape index (κ2) is 12.5. The van der Waals surface area contributed by atoms with E-state index in [1.54, 1.807) is 0 Å². The maximum Gasteiger partial charge on any atom is 0.191 e. The Hall–Kier alpha value is -0.820. The van der Waals surface area contributed by atoms with Crippen LogP contribution in [0.3, 0.4) is 0 Å². The molecule has 5 heteroatoms. The molecule has 1 fully saturated rings. The normalized spacial score (nSPS) is 16.4. The molecule has 1 aliphatic heterocycles. The van der Waals surface area contributed by atoms with E-state index < -0.39 is 0 Å². The van der Waals surface area contributed by atoms with Gasteiger partial charge in [0.25, 0.3) is 0 Å². The summed E-state index contributed by atoms with van der Waals surface area (Å²) in [7, 11) is 1.84. The second-order valence-electron chi connectivity index (χ2n) is 7.01. The number of guanidine groups is 1. The third-order valence-corrected chi connectivity index (χ3v) is 5.00. The van der Waals surface area contributed by atoms with Crippen molar-refractivity contribution in [2.24, 2.45) is 10.9 Å². The number of nitrogens with one attached hydrogen (secondary N) is 2. The van der Waals surface area contributed by atoms with Crippen LogP contribution in [0.15, 0.2) is 29.3 Å².